The molecule has 0 spiro atoms. The van der Waals surface area contributed by atoms with Gasteiger partial charge in [0.25, 0.3) is 0 Å². The van der Waals surface area contributed by atoms with Crippen LogP contribution in [0.5, 0.6) is 0 Å². The zero-order valence-corrected chi connectivity index (χ0v) is 4.78. The smallest absolute Gasteiger partial charge is 0.0931 e. The summed E-state index contributed by atoms with van der Waals surface area (Å²) in [6.45, 7) is 3.17. The standard InChI is InChI=1S/C5H13NO/c1-2-3-4-6-5-7/h6-7H,2-5H2,1H3. The molecular formula is C5H13NO. The highest BCUT2D eigenvalue weighted by molar-refractivity contribution is 4.36. The lowest BCUT2D eigenvalue weighted by Gasteiger charge is -1.94. The highest BCUT2D eigenvalue weighted by Gasteiger charge is 1.77. The Kier molecular flexibility index (Phi) is 5.85. The van der Waals surface area contributed by atoms with E-state index in [1.165, 1.54) is 6.42 Å². The summed E-state index contributed by atoms with van der Waals surface area (Å²) < 4.78 is 0. The van der Waals surface area contributed by atoms with E-state index in [0.29, 0.717) is 0 Å². The molecule has 0 aromatic heterocycles. The van der Waals surface area contributed by atoms with Crippen molar-refractivity contribution in [3.05, 3.63) is 0 Å². The minimum atomic E-state index is 0.111. The molecule has 0 unspecified atom stereocenters. The summed E-state index contributed by atoms with van der Waals surface area (Å²) in [4.78, 5) is 0. The largest absolute Gasteiger partial charge is 0.381 e. The van der Waals surface area contributed by atoms with E-state index in [1.54, 1.807) is 0 Å². The molecule has 2 heteroatoms. The molecule has 0 aliphatic carbocycles. The van der Waals surface area contributed by atoms with Crippen LogP contribution in [0.3, 0.4) is 0 Å². The first kappa shape index (κ1) is 6.92. The molecule has 0 bridgehead atoms. The van der Waals surface area contributed by atoms with E-state index in [1.807, 2.05) is 0 Å². The van der Waals surface area contributed by atoms with Crippen LogP contribution in [-0.4, -0.2) is 18.4 Å². The zero-order chi connectivity index (χ0) is 5.54. The fourth-order valence-electron chi connectivity index (χ4n) is 0.381. The fourth-order valence-corrected chi connectivity index (χ4v) is 0.381. The maximum absolute atomic E-state index is 8.18. The SMILES string of the molecule is CCCCNCO. The summed E-state index contributed by atoms with van der Waals surface area (Å²) in [6.07, 6.45) is 2.34. The molecule has 0 atom stereocenters. The second-order valence-electron chi connectivity index (χ2n) is 1.51. The van der Waals surface area contributed by atoms with Gasteiger partial charge in [0, 0.05) is 0 Å². The molecule has 0 aliphatic heterocycles. The van der Waals surface area contributed by atoms with E-state index in [-0.39, 0.29) is 6.73 Å². The van der Waals surface area contributed by atoms with E-state index >= 15 is 0 Å². The van der Waals surface area contributed by atoms with Gasteiger partial charge in [-0.05, 0) is 13.0 Å². The average molecular weight is 103 g/mol. The van der Waals surface area contributed by atoms with Crippen LogP contribution in [0.4, 0.5) is 0 Å². The van der Waals surface area contributed by atoms with Crippen LogP contribution in [0.1, 0.15) is 19.8 Å². The molecule has 0 aromatic carbocycles. The second kappa shape index (κ2) is 5.92. The minimum Gasteiger partial charge on any atom is -0.381 e. The first-order chi connectivity index (χ1) is 3.41. The van der Waals surface area contributed by atoms with E-state index in [4.69, 9.17) is 5.11 Å². The van der Waals surface area contributed by atoms with Gasteiger partial charge in [-0.25, -0.2) is 0 Å². The third-order valence-electron chi connectivity index (χ3n) is 0.819. The Balaban J connectivity index is 2.45. The zero-order valence-electron chi connectivity index (χ0n) is 4.78. The van der Waals surface area contributed by atoms with E-state index in [9.17, 15) is 0 Å². The number of aliphatic hydroxyl groups excluding tert-OH is 1. The second-order valence-corrected chi connectivity index (χ2v) is 1.51. The number of rotatable bonds is 4. The van der Waals surface area contributed by atoms with E-state index < -0.39 is 0 Å². The van der Waals surface area contributed by atoms with Crippen molar-refractivity contribution in [1.29, 1.82) is 0 Å². The molecule has 0 aliphatic rings. The lowest BCUT2D eigenvalue weighted by Crippen LogP contribution is -2.15. The molecule has 0 radical (unpaired) electrons. The van der Waals surface area contributed by atoms with E-state index in [0.717, 1.165) is 13.0 Å². The van der Waals surface area contributed by atoms with E-state index in [2.05, 4.69) is 12.2 Å². The van der Waals surface area contributed by atoms with Crippen molar-refractivity contribution in [3.63, 3.8) is 0 Å². The monoisotopic (exact) mass is 103 g/mol. The highest BCUT2D eigenvalue weighted by Crippen LogP contribution is 1.79. The summed E-state index contributed by atoms with van der Waals surface area (Å²) in [6, 6.07) is 0. The molecule has 2 N–H and O–H groups in total. The first-order valence-electron chi connectivity index (χ1n) is 2.73. The highest BCUT2D eigenvalue weighted by atomic mass is 16.3. The van der Waals surface area contributed by atoms with Crippen molar-refractivity contribution in [2.75, 3.05) is 13.3 Å². The number of nitrogens with one attached hydrogen (secondary N) is 1. The van der Waals surface area contributed by atoms with Crippen LogP contribution < -0.4 is 5.32 Å². The molecule has 0 fully saturated rings. The van der Waals surface area contributed by atoms with Crippen LogP contribution in [0.2, 0.25) is 0 Å². The van der Waals surface area contributed by atoms with Gasteiger partial charge < -0.3 is 5.11 Å². The molecule has 0 rings (SSSR count). The van der Waals surface area contributed by atoms with Crippen LogP contribution >= 0.6 is 0 Å². The van der Waals surface area contributed by atoms with Gasteiger partial charge >= 0.3 is 0 Å². The molecular weight excluding hydrogens is 90.1 g/mol. The number of aliphatic hydroxyl groups is 1. The average Bonchev–Trinajstić information content (AvgIpc) is 1.69. The van der Waals surface area contributed by atoms with Gasteiger partial charge in [0.2, 0.25) is 0 Å². The molecule has 0 heterocycles. The number of hydrogen-bond donors (Lipinski definition) is 2. The minimum absolute atomic E-state index is 0.111. The number of hydrogen-bond acceptors (Lipinski definition) is 2. The van der Waals surface area contributed by atoms with Crippen molar-refractivity contribution >= 4 is 0 Å². The third kappa shape index (κ3) is 5.92. The molecule has 7 heavy (non-hydrogen) atoms. The summed E-state index contributed by atoms with van der Waals surface area (Å²) in [5, 5.41) is 11.0. The van der Waals surface area contributed by atoms with Crippen molar-refractivity contribution in [3.8, 4) is 0 Å². The van der Waals surface area contributed by atoms with Gasteiger partial charge in [0.15, 0.2) is 0 Å². The van der Waals surface area contributed by atoms with Crippen molar-refractivity contribution < 1.29 is 5.11 Å². The summed E-state index contributed by atoms with van der Waals surface area (Å²) >= 11 is 0. The Labute approximate surface area is 44.5 Å². The van der Waals surface area contributed by atoms with Gasteiger partial charge in [-0.15, -0.1) is 0 Å². The normalized spacial score (nSPS) is 9.43. The van der Waals surface area contributed by atoms with Crippen LogP contribution in [-0.2, 0) is 0 Å². The lowest BCUT2D eigenvalue weighted by atomic mass is 10.3. The fraction of sp³-hybridized carbons (Fsp3) is 1.00. The maximum Gasteiger partial charge on any atom is 0.0931 e. The van der Waals surface area contributed by atoms with Crippen LogP contribution in [0, 0.1) is 0 Å². The van der Waals surface area contributed by atoms with Gasteiger partial charge in [0.1, 0.15) is 0 Å². The van der Waals surface area contributed by atoms with Gasteiger partial charge in [-0.2, -0.15) is 0 Å². The number of unbranched alkanes of at least 4 members (excludes halogenated alkanes) is 1. The Morgan fingerprint density at radius 1 is 1.57 bits per heavy atom. The molecule has 0 aromatic rings. The molecule has 0 saturated heterocycles. The Hall–Kier alpha value is -0.0800. The Morgan fingerprint density at radius 2 is 2.29 bits per heavy atom. The van der Waals surface area contributed by atoms with Gasteiger partial charge in [-0.3, -0.25) is 5.32 Å². The maximum atomic E-state index is 8.18. The van der Waals surface area contributed by atoms with Crippen molar-refractivity contribution in [2.45, 2.75) is 19.8 Å². The summed E-state index contributed by atoms with van der Waals surface area (Å²) in [7, 11) is 0. The van der Waals surface area contributed by atoms with Gasteiger partial charge in [-0.1, -0.05) is 13.3 Å². The Morgan fingerprint density at radius 3 is 2.71 bits per heavy atom. The van der Waals surface area contributed by atoms with Gasteiger partial charge in [0.05, 0.1) is 6.73 Å². The van der Waals surface area contributed by atoms with Crippen molar-refractivity contribution in [2.24, 2.45) is 0 Å². The van der Waals surface area contributed by atoms with Crippen LogP contribution in [0.15, 0.2) is 0 Å². The lowest BCUT2D eigenvalue weighted by molar-refractivity contribution is 0.260. The molecule has 2 nitrogen and oxygen atoms in total. The first-order valence-corrected chi connectivity index (χ1v) is 2.73. The van der Waals surface area contributed by atoms with Crippen LogP contribution in [0.25, 0.3) is 0 Å². The topological polar surface area (TPSA) is 32.3 Å². The quantitative estimate of drug-likeness (QED) is 0.397. The predicted molar refractivity (Wildman–Crippen MR) is 30.0 cm³/mol. The molecule has 0 saturated carbocycles. The molecule has 44 valence electrons. The predicted octanol–water partition coefficient (Wildman–Crippen LogP) is 0.326. The summed E-state index contributed by atoms with van der Waals surface area (Å²) in [5.41, 5.74) is 0. The Bertz CT molecular complexity index is 27.3. The van der Waals surface area contributed by atoms with Crippen molar-refractivity contribution in [1.82, 2.24) is 5.32 Å². The molecule has 0 amide bonds. The third-order valence-corrected chi connectivity index (χ3v) is 0.819. The summed E-state index contributed by atoms with van der Waals surface area (Å²) in [5.74, 6) is 0.